The highest BCUT2D eigenvalue weighted by Crippen LogP contribution is 2.27. The Morgan fingerprint density at radius 1 is 1.24 bits per heavy atom. The number of carbonyl (C=O) groups excluding carboxylic acids is 1. The predicted molar refractivity (Wildman–Crippen MR) is 98.5 cm³/mol. The highest BCUT2D eigenvalue weighted by Gasteiger charge is 2.13. The molecule has 0 atom stereocenters. The molecule has 2 aromatic carbocycles. The van der Waals surface area contributed by atoms with E-state index in [0.717, 1.165) is 38.4 Å². The van der Waals surface area contributed by atoms with Gasteiger partial charge in [-0.05, 0) is 35.9 Å². The Bertz CT molecular complexity index is 745. The summed E-state index contributed by atoms with van der Waals surface area (Å²) in [6.07, 6.45) is 0. The summed E-state index contributed by atoms with van der Waals surface area (Å²) in [5.74, 6) is 0.414. The van der Waals surface area contributed by atoms with Crippen molar-refractivity contribution in [1.29, 1.82) is 0 Å². The number of methoxy groups -OCH3 is 1. The van der Waals surface area contributed by atoms with Gasteiger partial charge in [-0.25, -0.2) is 0 Å². The number of nitrogens with zero attached hydrogens (tertiary/aromatic N) is 1. The summed E-state index contributed by atoms with van der Waals surface area (Å²) in [4.78, 5) is 14.8. The van der Waals surface area contributed by atoms with E-state index in [4.69, 9.17) is 21.1 Å². The smallest absolute Gasteiger partial charge is 0.255 e. The Labute approximate surface area is 152 Å². The summed E-state index contributed by atoms with van der Waals surface area (Å²) in [5.41, 5.74) is 2.37. The first-order chi connectivity index (χ1) is 12.2. The second-order valence-corrected chi connectivity index (χ2v) is 6.30. The largest absolute Gasteiger partial charge is 0.495 e. The minimum Gasteiger partial charge on any atom is -0.495 e. The molecule has 1 aliphatic heterocycles. The summed E-state index contributed by atoms with van der Waals surface area (Å²) < 4.78 is 10.5. The number of ether oxygens (including phenoxy) is 2. The lowest BCUT2D eigenvalue weighted by molar-refractivity contribution is 0.0342. The monoisotopic (exact) mass is 360 g/mol. The molecule has 3 rings (SSSR count). The van der Waals surface area contributed by atoms with Crippen molar-refractivity contribution in [1.82, 2.24) is 4.90 Å². The lowest BCUT2D eigenvalue weighted by atomic mass is 10.1. The minimum absolute atomic E-state index is 0.162. The van der Waals surface area contributed by atoms with Crippen LogP contribution in [0.2, 0.25) is 5.02 Å². The van der Waals surface area contributed by atoms with Gasteiger partial charge in [0, 0.05) is 30.9 Å². The molecule has 0 aromatic heterocycles. The fourth-order valence-corrected chi connectivity index (χ4v) is 3.03. The van der Waals surface area contributed by atoms with Gasteiger partial charge in [0.1, 0.15) is 5.75 Å². The number of halogens is 1. The molecule has 2 aromatic rings. The van der Waals surface area contributed by atoms with Crippen LogP contribution in [0.1, 0.15) is 15.9 Å². The standard InChI is InChI=1S/C19H21ClN2O3/c1-24-18-6-5-16(12-17(18)20)21-19(23)15-4-2-3-14(11-15)13-22-7-9-25-10-8-22/h2-6,11-12H,7-10,13H2,1H3,(H,21,23). The molecule has 1 amide bonds. The van der Waals surface area contributed by atoms with Crippen LogP contribution in [-0.2, 0) is 11.3 Å². The van der Waals surface area contributed by atoms with Gasteiger partial charge in [-0.2, -0.15) is 0 Å². The third-order valence-corrected chi connectivity index (χ3v) is 4.40. The quantitative estimate of drug-likeness (QED) is 0.887. The average Bonchev–Trinajstić information content (AvgIpc) is 2.63. The molecular formula is C19H21ClN2O3. The summed E-state index contributed by atoms with van der Waals surface area (Å²) in [6.45, 7) is 4.18. The van der Waals surface area contributed by atoms with E-state index < -0.39 is 0 Å². The Kier molecular flexibility index (Phi) is 5.91. The Morgan fingerprint density at radius 3 is 2.76 bits per heavy atom. The van der Waals surface area contributed by atoms with Gasteiger partial charge < -0.3 is 14.8 Å². The highest BCUT2D eigenvalue weighted by atomic mass is 35.5. The maximum Gasteiger partial charge on any atom is 0.255 e. The average molecular weight is 361 g/mol. The summed E-state index contributed by atoms with van der Waals surface area (Å²) in [7, 11) is 1.55. The first-order valence-corrected chi connectivity index (χ1v) is 8.57. The first kappa shape index (κ1) is 17.7. The van der Waals surface area contributed by atoms with E-state index in [0.29, 0.717) is 22.0 Å². The van der Waals surface area contributed by atoms with Crippen LogP contribution in [0, 0.1) is 0 Å². The third kappa shape index (κ3) is 4.72. The van der Waals surface area contributed by atoms with Gasteiger partial charge in [0.25, 0.3) is 5.91 Å². The van der Waals surface area contributed by atoms with E-state index >= 15 is 0 Å². The molecule has 1 heterocycles. The molecule has 0 aliphatic carbocycles. The van der Waals surface area contributed by atoms with Gasteiger partial charge in [-0.15, -0.1) is 0 Å². The van der Waals surface area contributed by atoms with Crippen molar-refractivity contribution in [3.8, 4) is 5.75 Å². The van der Waals surface area contributed by atoms with Crippen molar-refractivity contribution in [3.63, 3.8) is 0 Å². The first-order valence-electron chi connectivity index (χ1n) is 8.19. The zero-order valence-electron chi connectivity index (χ0n) is 14.1. The lowest BCUT2D eigenvalue weighted by Crippen LogP contribution is -2.35. The molecule has 0 spiro atoms. The van der Waals surface area contributed by atoms with Crippen LogP contribution in [0.25, 0.3) is 0 Å². The number of hydrogen-bond donors (Lipinski definition) is 1. The number of morpholine rings is 1. The molecule has 0 unspecified atom stereocenters. The van der Waals surface area contributed by atoms with Crippen molar-refractivity contribution in [2.24, 2.45) is 0 Å². The van der Waals surface area contributed by atoms with Crippen molar-refractivity contribution in [2.45, 2.75) is 6.54 Å². The molecule has 6 heteroatoms. The van der Waals surface area contributed by atoms with Crippen molar-refractivity contribution >= 4 is 23.2 Å². The SMILES string of the molecule is COc1ccc(NC(=O)c2cccc(CN3CCOCC3)c2)cc1Cl. The van der Waals surface area contributed by atoms with E-state index in [2.05, 4.69) is 10.2 Å². The van der Waals surface area contributed by atoms with Crippen LogP contribution in [0.3, 0.4) is 0 Å². The van der Waals surface area contributed by atoms with Gasteiger partial charge in [-0.3, -0.25) is 9.69 Å². The normalized spacial score (nSPS) is 15.0. The topological polar surface area (TPSA) is 50.8 Å². The zero-order valence-corrected chi connectivity index (χ0v) is 14.9. The van der Waals surface area contributed by atoms with Gasteiger partial charge >= 0.3 is 0 Å². The number of amides is 1. The number of benzene rings is 2. The van der Waals surface area contributed by atoms with Crippen LogP contribution >= 0.6 is 11.6 Å². The summed E-state index contributed by atoms with van der Waals surface area (Å²) in [6, 6.07) is 12.9. The molecule has 1 N–H and O–H groups in total. The number of rotatable bonds is 5. The van der Waals surface area contributed by atoms with Crippen molar-refractivity contribution in [3.05, 3.63) is 58.6 Å². The number of carbonyl (C=O) groups is 1. The summed E-state index contributed by atoms with van der Waals surface area (Å²) in [5, 5.41) is 3.33. The second kappa shape index (κ2) is 8.34. The molecule has 5 nitrogen and oxygen atoms in total. The fourth-order valence-electron chi connectivity index (χ4n) is 2.78. The third-order valence-electron chi connectivity index (χ3n) is 4.11. The molecule has 132 valence electrons. The maximum atomic E-state index is 12.5. The Morgan fingerprint density at radius 2 is 2.04 bits per heavy atom. The molecule has 1 aliphatic rings. The number of nitrogens with one attached hydrogen (secondary N) is 1. The van der Waals surface area contributed by atoms with Crippen LogP contribution in [0.15, 0.2) is 42.5 Å². The zero-order chi connectivity index (χ0) is 17.6. The van der Waals surface area contributed by atoms with Crippen LogP contribution < -0.4 is 10.1 Å². The minimum atomic E-state index is -0.162. The summed E-state index contributed by atoms with van der Waals surface area (Å²) >= 11 is 6.10. The van der Waals surface area contributed by atoms with Crippen LogP contribution in [-0.4, -0.2) is 44.2 Å². The van der Waals surface area contributed by atoms with Gasteiger partial charge in [0.05, 0.1) is 25.3 Å². The van der Waals surface area contributed by atoms with Crippen LogP contribution in [0.4, 0.5) is 5.69 Å². The lowest BCUT2D eigenvalue weighted by Gasteiger charge is -2.26. The predicted octanol–water partition coefficient (Wildman–Crippen LogP) is 3.43. The molecule has 25 heavy (non-hydrogen) atoms. The van der Waals surface area contributed by atoms with Gasteiger partial charge in [-0.1, -0.05) is 23.7 Å². The van der Waals surface area contributed by atoms with E-state index in [9.17, 15) is 4.79 Å². The molecule has 1 fully saturated rings. The Balaban J connectivity index is 1.67. The Hall–Kier alpha value is -2.08. The number of anilines is 1. The molecule has 0 radical (unpaired) electrons. The fraction of sp³-hybridized carbons (Fsp3) is 0.316. The van der Waals surface area contributed by atoms with E-state index in [1.807, 2.05) is 24.3 Å². The molecule has 0 bridgehead atoms. The highest BCUT2D eigenvalue weighted by molar-refractivity contribution is 6.32. The molecular weight excluding hydrogens is 340 g/mol. The van der Waals surface area contributed by atoms with E-state index in [1.165, 1.54) is 0 Å². The van der Waals surface area contributed by atoms with E-state index in [-0.39, 0.29) is 5.91 Å². The van der Waals surface area contributed by atoms with Crippen molar-refractivity contribution in [2.75, 3.05) is 38.7 Å². The maximum absolute atomic E-state index is 12.5. The van der Waals surface area contributed by atoms with Gasteiger partial charge in [0.15, 0.2) is 0 Å². The van der Waals surface area contributed by atoms with Crippen LogP contribution in [0.5, 0.6) is 5.75 Å². The molecule has 1 saturated heterocycles. The van der Waals surface area contributed by atoms with Crippen molar-refractivity contribution < 1.29 is 14.3 Å². The van der Waals surface area contributed by atoms with E-state index in [1.54, 1.807) is 25.3 Å². The molecule has 0 saturated carbocycles. The number of hydrogen-bond acceptors (Lipinski definition) is 4. The van der Waals surface area contributed by atoms with Gasteiger partial charge in [0.2, 0.25) is 0 Å². The second-order valence-electron chi connectivity index (χ2n) is 5.89.